The van der Waals surface area contributed by atoms with Crippen molar-refractivity contribution in [2.45, 2.75) is 24.6 Å². The van der Waals surface area contributed by atoms with E-state index in [1.54, 1.807) is 9.80 Å². The number of sulfone groups is 1. The van der Waals surface area contributed by atoms with Gasteiger partial charge in [-0.2, -0.15) is 4.31 Å². The third-order valence-electron chi connectivity index (χ3n) is 6.30. The third kappa shape index (κ3) is 4.78. The van der Waals surface area contributed by atoms with Crippen molar-refractivity contribution < 1.29 is 26.4 Å². The Morgan fingerprint density at radius 1 is 1.06 bits per heavy atom. The van der Waals surface area contributed by atoms with E-state index in [1.165, 1.54) is 4.31 Å². The molecule has 0 aliphatic carbocycles. The van der Waals surface area contributed by atoms with Crippen LogP contribution in [-0.4, -0.2) is 92.2 Å². The molecule has 3 heterocycles. The summed E-state index contributed by atoms with van der Waals surface area (Å²) in [7, 11) is -6.99. The van der Waals surface area contributed by atoms with Gasteiger partial charge in [0.1, 0.15) is 0 Å². The first-order chi connectivity index (χ1) is 14.7. The van der Waals surface area contributed by atoms with Gasteiger partial charge in [-0.25, -0.2) is 16.8 Å². The summed E-state index contributed by atoms with van der Waals surface area (Å²) in [6.45, 7) is 1.64. The fourth-order valence-electron chi connectivity index (χ4n) is 4.52. The molecule has 3 aliphatic heterocycles. The molecule has 0 saturated carbocycles. The summed E-state index contributed by atoms with van der Waals surface area (Å²) in [5.41, 5.74) is 1.01. The van der Waals surface area contributed by atoms with Crippen molar-refractivity contribution >= 4 is 31.7 Å². The zero-order valence-corrected chi connectivity index (χ0v) is 18.9. The molecule has 0 N–H and O–H groups in total. The molecular formula is C20H27N3O6S2. The number of benzene rings is 1. The zero-order valence-electron chi connectivity index (χ0n) is 17.2. The van der Waals surface area contributed by atoms with Crippen molar-refractivity contribution in [3.8, 4) is 0 Å². The SMILES string of the molecule is O=C1CC(C(=O)N2CCN(S(=O)(=O)C3CCS(=O)(=O)C3)CC2)CN1Cc1ccccc1. The Balaban J connectivity index is 1.32. The Hall–Kier alpha value is -1.98. The summed E-state index contributed by atoms with van der Waals surface area (Å²) in [5.74, 6) is -1.00. The summed E-state index contributed by atoms with van der Waals surface area (Å²) in [6.07, 6.45) is 0.301. The molecule has 31 heavy (non-hydrogen) atoms. The predicted octanol–water partition coefficient (Wildman–Crippen LogP) is -0.304. The van der Waals surface area contributed by atoms with E-state index in [2.05, 4.69) is 0 Å². The molecule has 9 nitrogen and oxygen atoms in total. The molecular weight excluding hydrogens is 442 g/mol. The van der Waals surface area contributed by atoms with E-state index in [-0.39, 0.29) is 62.3 Å². The molecule has 0 aromatic heterocycles. The van der Waals surface area contributed by atoms with Gasteiger partial charge in [0.2, 0.25) is 21.8 Å². The summed E-state index contributed by atoms with van der Waals surface area (Å²) >= 11 is 0. The van der Waals surface area contributed by atoms with E-state index in [0.29, 0.717) is 13.1 Å². The van der Waals surface area contributed by atoms with Gasteiger partial charge >= 0.3 is 0 Å². The summed E-state index contributed by atoms with van der Waals surface area (Å²) in [4.78, 5) is 28.6. The molecule has 0 bridgehead atoms. The Morgan fingerprint density at radius 3 is 2.35 bits per heavy atom. The van der Waals surface area contributed by atoms with Crippen LogP contribution in [0.5, 0.6) is 0 Å². The second-order valence-electron chi connectivity index (χ2n) is 8.46. The fraction of sp³-hybridized carbons (Fsp3) is 0.600. The van der Waals surface area contributed by atoms with Gasteiger partial charge in [0.15, 0.2) is 9.84 Å². The van der Waals surface area contributed by atoms with Gasteiger partial charge in [0, 0.05) is 45.7 Å². The topological polar surface area (TPSA) is 112 Å². The van der Waals surface area contributed by atoms with Crippen molar-refractivity contribution in [2.75, 3.05) is 44.2 Å². The summed E-state index contributed by atoms with van der Waals surface area (Å²) in [6, 6.07) is 9.61. The van der Waals surface area contributed by atoms with Crippen molar-refractivity contribution in [1.29, 1.82) is 0 Å². The van der Waals surface area contributed by atoms with E-state index < -0.39 is 31.0 Å². The first-order valence-corrected chi connectivity index (χ1v) is 13.8. The lowest BCUT2D eigenvalue weighted by molar-refractivity contribution is -0.137. The molecule has 0 spiro atoms. The lowest BCUT2D eigenvalue weighted by Crippen LogP contribution is -2.54. The number of rotatable bonds is 5. The van der Waals surface area contributed by atoms with E-state index in [0.717, 1.165) is 5.56 Å². The molecule has 2 amide bonds. The third-order valence-corrected chi connectivity index (χ3v) is 10.6. The lowest BCUT2D eigenvalue weighted by atomic mass is 10.1. The van der Waals surface area contributed by atoms with Crippen LogP contribution in [0, 0.1) is 5.92 Å². The number of amides is 2. The van der Waals surface area contributed by atoms with Crippen molar-refractivity contribution in [3.05, 3.63) is 35.9 Å². The molecule has 3 saturated heterocycles. The highest BCUT2D eigenvalue weighted by Gasteiger charge is 2.43. The van der Waals surface area contributed by atoms with E-state index in [1.807, 2.05) is 30.3 Å². The Morgan fingerprint density at radius 2 is 1.74 bits per heavy atom. The van der Waals surface area contributed by atoms with Gasteiger partial charge in [0.25, 0.3) is 0 Å². The summed E-state index contributed by atoms with van der Waals surface area (Å²) in [5, 5.41) is -0.890. The van der Waals surface area contributed by atoms with Crippen LogP contribution in [0.4, 0.5) is 0 Å². The average Bonchev–Trinajstić information content (AvgIpc) is 3.30. The lowest BCUT2D eigenvalue weighted by Gasteiger charge is -2.36. The molecule has 2 unspecified atom stereocenters. The smallest absolute Gasteiger partial charge is 0.228 e. The van der Waals surface area contributed by atoms with E-state index in [9.17, 15) is 26.4 Å². The first kappa shape index (κ1) is 22.2. The average molecular weight is 470 g/mol. The molecule has 1 aromatic carbocycles. The van der Waals surface area contributed by atoms with Gasteiger partial charge in [0.05, 0.1) is 22.7 Å². The number of nitrogens with zero attached hydrogens (tertiary/aromatic N) is 3. The molecule has 1 aromatic rings. The van der Waals surface area contributed by atoms with E-state index >= 15 is 0 Å². The van der Waals surface area contributed by atoms with Gasteiger partial charge < -0.3 is 9.80 Å². The molecule has 170 valence electrons. The molecule has 4 rings (SSSR count). The number of sulfonamides is 1. The highest BCUT2D eigenvalue weighted by atomic mass is 32.2. The van der Waals surface area contributed by atoms with E-state index in [4.69, 9.17) is 0 Å². The highest BCUT2D eigenvalue weighted by Crippen LogP contribution is 2.25. The van der Waals surface area contributed by atoms with Crippen LogP contribution in [0.3, 0.4) is 0 Å². The van der Waals surface area contributed by atoms with Crippen LogP contribution >= 0.6 is 0 Å². The van der Waals surface area contributed by atoms with Crippen molar-refractivity contribution in [2.24, 2.45) is 5.92 Å². The number of carbonyl (C=O) groups excluding carboxylic acids is 2. The minimum absolute atomic E-state index is 0.0501. The summed E-state index contributed by atoms with van der Waals surface area (Å²) < 4.78 is 50.2. The molecule has 11 heteroatoms. The van der Waals surface area contributed by atoms with Crippen LogP contribution in [0.25, 0.3) is 0 Å². The Kier molecular flexibility index (Phi) is 6.10. The van der Waals surface area contributed by atoms with Crippen LogP contribution in [0.2, 0.25) is 0 Å². The second-order valence-corrected chi connectivity index (χ2v) is 12.9. The number of carbonyl (C=O) groups is 2. The Labute approximate surface area is 183 Å². The predicted molar refractivity (Wildman–Crippen MR) is 114 cm³/mol. The van der Waals surface area contributed by atoms with Gasteiger partial charge in [-0.05, 0) is 12.0 Å². The van der Waals surface area contributed by atoms with Gasteiger partial charge in [-0.1, -0.05) is 30.3 Å². The normalized spacial score (nSPS) is 27.0. The highest BCUT2D eigenvalue weighted by molar-refractivity contribution is 7.95. The molecule has 2 atom stereocenters. The van der Waals surface area contributed by atoms with Crippen LogP contribution in [0.15, 0.2) is 30.3 Å². The van der Waals surface area contributed by atoms with Crippen LogP contribution in [-0.2, 0) is 36.0 Å². The minimum atomic E-state index is -3.70. The van der Waals surface area contributed by atoms with Gasteiger partial charge in [-0.15, -0.1) is 0 Å². The van der Waals surface area contributed by atoms with Crippen LogP contribution in [0.1, 0.15) is 18.4 Å². The second kappa shape index (κ2) is 8.51. The maximum absolute atomic E-state index is 12.9. The van der Waals surface area contributed by atoms with Crippen LogP contribution < -0.4 is 0 Å². The number of hydrogen-bond donors (Lipinski definition) is 0. The maximum atomic E-state index is 12.9. The fourth-order valence-corrected chi connectivity index (χ4v) is 9.03. The first-order valence-electron chi connectivity index (χ1n) is 10.5. The Bertz CT molecular complexity index is 1050. The largest absolute Gasteiger partial charge is 0.340 e. The maximum Gasteiger partial charge on any atom is 0.228 e. The number of likely N-dealkylation sites (tertiary alicyclic amines) is 1. The monoisotopic (exact) mass is 469 g/mol. The molecule has 0 radical (unpaired) electrons. The molecule has 3 fully saturated rings. The molecule has 3 aliphatic rings. The minimum Gasteiger partial charge on any atom is -0.340 e. The number of hydrogen-bond acceptors (Lipinski definition) is 6. The zero-order chi connectivity index (χ0) is 22.2. The van der Waals surface area contributed by atoms with Crippen molar-refractivity contribution in [3.63, 3.8) is 0 Å². The standard InChI is InChI=1S/C20H27N3O6S2/c24-19-12-17(14-22(19)13-16-4-2-1-3-5-16)20(25)21-7-9-23(10-8-21)31(28,29)18-6-11-30(26,27)15-18/h1-5,17-18H,6-15H2. The quantitative estimate of drug-likeness (QED) is 0.585. The van der Waals surface area contributed by atoms with Crippen molar-refractivity contribution in [1.82, 2.24) is 14.1 Å². The number of piperazine rings is 1. The van der Waals surface area contributed by atoms with Gasteiger partial charge in [-0.3, -0.25) is 9.59 Å².